The molecule has 0 aliphatic carbocycles. The molecule has 8 heteroatoms. The van der Waals surface area contributed by atoms with E-state index in [0.717, 1.165) is 59.4 Å². The molecule has 4 N–H and O–H groups in total. The van der Waals surface area contributed by atoms with Crippen molar-refractivity contribution in [3.63, 3.8) is 0 Å². The molecule has 1 aliphatic heterocycles. The quantitative estimate of drug-likeness (QED) is 0.0734. The van der Waals surface area contributed by atoms with Gasteiger partial charge in [-0.25, -0.2) is 0 Å². The highest BCUT2D eigenvalue weighted by Crippen LogP contribution is 2.43. The van der Waals surface area contributed by atoms with Crippen molar-refractivity contribution in [1.29, 1.82) is 0 Å². The van der Waals surface area contributed by atoms with E-state index in [0.29, 0.717) is 13.2 Å². The number of aliphatic hydroxyl groups is 4. The first kappa shape index (κ1) is 57.3. The van der Waals surface area contributed by atoms with Crippen LogP contribution in [0.1, 0.15) is 164 Å². The molecule has 69 heavy (non-hydrogen) atoms. The molecule has 0 bridgehead atoms. The minimum atomic E-state index is -0.880. The predicted octanol–water partition coefficient (Wildman–Crippen LogP) is 12.9. The van der Waals surface area contributed by atoms with Gasteiger partial charge in [-0.2, -0.15) is 0 Å². The zero-order chi connectivity index (χ0) is 51.5. The van der Waals surface area contributed by atoms with Crippen molar-refractivity contribution in [1.82, 2.24) is 0 Å². The number of aliphatic hydroxyl groups excluding tert-OH is 4. The average Bonchev–Trinajstić information content (AvgIpc) is 3.66. The summed E-state index contributed by atoms with van der Waals surface area (Å²) in [6.45, 7) is 34.3. The molecule has 2 unspecified atom stereocenters. The second-order valence-corrected chi connectivity index (χ2v) is 21.9. The maximum absolute atomic E-state index is 10.4. The molecule has 380 valence electrons. The molecule has 0 aromatic heterocycles. The number of rotatable bonds is 19. The first-order valence-electron chi connectivity index (χ1n) is 25.3. The normalized spacial score (nSPS) is 16.9. The molecule has 0 amide bonds. The summed E-state index contributed by atoms with van der Waals surface area (Å²) in [5.74, 6) is 1.08. The minimum absolute atomic E-state index is 0.0514. The molecule has 1 aliphatic rings. The van der Waals surface area contributed by atoms with E-state index in [-0.39, 0.29) is 41.0 Å². The summed E-state index contributed by atoms with van der Waals surface area (Å²) in [6, 6.07) is 26.2. The van der Waals surface area contributed by atoms with Crippen LogP contribution in [-0.2, 0) is 20.3 Å². The van der Waals surface area contributed by atoms with Gasteiger partial charge in [-0.05, 0) is 146 Å². The Balaban J connectivity index is 0.000000302. The second-order valence-electron chi connectivity index (χ2n) is 21.9. The van der Waals surface area contributed by atoms with E-state index >= 15 is 0 Å². The molecule has 4 aromatic rings. The molecule has 0 saturated carbocycles. The van der Waals surface area contributed by atoms with Crippen LogP contribution in [0.15, 0.2) is 84.9 Å². The highest BCUT2D eigenvalue weighted by Gasteiger charge is 2.35. The Morgan fingerprint density at radius 1 is 0.594 bits per heavy atom. The highest BCUT2D eigenvalue weighted by molar-refractivity contribution is 5.58. The lowest BCUT2D eigenvalue weighted by Gasteiger charge is -2.34. The van der Waals surface area contributed by atoms with Gasteiger partial charge >= 0.3 is 0 Å². The fourth-order valence-corrected chi connectivity index (χ4v) is 9.24. The van der Waals surface area contributed by atoms with Gasteiger partial charge in [0.1, 0.15) is 36.9 Å². The average molecular weight is 949 g/mol. The van der Waals surface area contributed by atoms with Gasteiger partial charge in [-0.1, -0.05) is 154 Å². The molecule has 1 saturated heterocycles. The second kappa shape index (κ2) is 24.2. The molecule has 8 nitrogen and oxygen atoms in total. The third-order valence-corrected chi connectivity index (χ3v) is 14.3. The Morgan fingerprint density at radius 2 is 0.971 bits per heavy atom. The minimum Gasteiger partial charge on any atom is -0.491 e. The van der Waals surface area contributed by atoms with E-state index in [2.05, 4.69) is 115 Å². The number of benzene rings is 4. The summed E-state index contributed by atoms with van der Waals surface area (Å²) in [6.07, 6.45) is 9.87. The van der Waals surface area contributed by atoms with Crippen molar-refractivity contribution < 1.29 is 39.4 Å². The van der Waals surface area contributed by atoms with Crippen LogP contribution >= 0.6 is 0 Å². The van der Waals surface area contributed by atoms with Gasteiger partial charge in [0.25, 0.3) is 0 Å². The number of hydrogen-bond donors (Lipinski definition) is 4. The van der Waals surface area contributed by atoms with Gasteiger partial charge in [0.05, 0.1) is 25.4 Å². The topological polar surface area (TPSA) is 118 Å². The van der Waals surface area contributed by atoms with Crippen molar-refractivity contribution in [2.24, 2.45) is 10.8 Å². The van der Waals surface area contributed by atoms with Crippen molar-refractivity contribution in [2.45, 2.75) is 177 Å². The fraction of sp³-hybridized carbons (Fsp3) is 0.541. The van der Waals surface area contributed by atoms with E-state index < -0.39 is 24.1 Å². The Labute approximate surface area is 416 Å². The lowest BCUT2D eigenvalue weighted by molar-refractivity contribution is -0.141. The first-order chi connectivity index (χ1) is 32.3. The monoisotopic (exact) mass is 949 g/mol. The van der Waals surface area contributed by atoms with Crippen molar-refractivity contribution in [2.75, 3.05) is 26.4 Å². The summed E-state index contributed by atoms with van der Waals surface area (Å²) in [5, 5.41) is 39.4. The van der Waals surface area contributed by atoms with Crippen molar-refractivity contribution in [3.8, 4) is 11.5 Å². The molecule has 1 heterocycles. The van der Waals surface area contributed by atoms with Gasteiger partial charge in [0.2, 0.25) is 0 Å². The number of aryl methyl sites for hydroxylation is 4. The maximum Gasteiger partial charge on any atom is 0.163 e. The van der Waals surface area contributed by atoms with Crippen LogP contribution in [-0.4, -0.2) is 77.1 Å². The van der Waals surface area contributed by atoms with Gasteiger partial charge in [0.15, 0.2) is 5.79 Å². The smallest absolute Gasteiger partial charge is 0.163 e. The zero-order valence-corrected chi connectivity index (χ0v) is 45.1. The molecule has 0 radical (unpaired) electrons. The van der Waals surface area contributed by atoms with Gasteiger partial charge < -0.3 is 39.4 Å². The van der Waals surface area contributed by atoms with Crippen LogP contribution in [0.25, 0.3) is 12.2 Å². The Morgan fingerprint density at radius 3 is 1.29 bits per heavy atom. The van der Waals surface area contributed by atoms with E-state index in [9.17, 15) is 15.3 Å². The lowest BCUT2D eigenvalue weighted by Crippen LogP contribution is -2.27. The highest BCUT2D eigenvalue weighted by atomic mass is 16.7. The Hall–Kier alpha value is -4.28. The Kier molecular flexibility index (Phi) is 20.1. The van der Waals surface area contributed by atoms with Crippen LogP contribution in [0.5, 0.6) is 11.5 Å². The summed E-state index contributed by atoms with van der Waals surface area (Å²) in [5.41, 5.74) is 11.4. The predicted molar refractivity (Wildman–Crippen MR) is 285 cm³/mol. The van der Waals surface area contributed by atoms with Crippen molar-refractivity contribution in [3.05, 3.63) is 141 Å². The van der Waals surface area contributed by atoms with Gasteiger partial charge in [0, 0.05) is 10.8 Å². The lowest BCUT2D eigenvalue weighted by atomic mass is 9.70. The van der Waals surface area contributed by atoms with E-state index in [1.807, 2.05) is 92.7 Å². The van der Waals surface area contributed by atoms with Crippen LogP contribution in [0.4, 0.5) is 0 Å². The Bertz CT molecular complexity index is 2320. The largest absolute Gasteiger partial charge is 0.491 e. The summed E-state index contributed by atoms with van der Waals surface area (Å²) < 4.78 is 23.4. The number of hydrogen-bond acceptors (Lipinski definition) is 8. The van der Waals surface area contributed by atoms with Crippen LogP contribution in [0.2, 0.25) is 0 Å². The van der Waals surface area contributed by atoms with Gasteiger partial charge in [-0.3, -0.25) is 0 Å². The van der Waals surface area contributed by atoms with E-state index in [1.165, 1.54) is 33.4 Å². The summed E-state index contributed by atoms with van der Waals surface area (Å²) >= 11 is 0. The van der Waals surface area contributed by atoms with E-state index in [1.54, 1.807) is 0 Å². The van der Waals surface area contributed by atoms with Crippen molar-refractivity contribution >= 4 is 12.2 Å². The van der Waals surface area contributed by atoms with E-state index in [4.69, 9.17) is 24.1 Å². The molecule has 4 aromatic carbocycles. The van der Waals surface area contributed by atoms with Crippen LogP contribution in [0.3, 0.4) is 0 Å². The third kappa shape index (κ3) is 14.6. The third-order valence-electron chi connectivity index (χ3n) is 14.3. The molecule has 1 fully saturated rings. The number of ether oxygens (including phenoxy) is 4. The first-order valence-corrected chi connectivity index (χ1v) is 25.3. The van der Waals surface area contributed by atoms with Crippen LogP contribution in [0, 0.1) is 38.5 Å². The van der Waals surface area contributed by atoms with Crippen LogP contribution < -0.4 is 9.47 Å². The van der Waals surface area contributed by atoms with Gasteiger partial charge in [-0.15, -0.1) is 0 Å². The maximum atomic E-state index is 10.4. The SMILES string of the molecule is CCC(CC)(c1ccc(/C=C/C(O)C(C)(C)C)c(C)c1)c1ccc(OC[C@@H](O)CO)c(C)c1.CCC(CC)(c1ccc(/C=C/C(O)C(C)(C)C)c(C)c1)c1ccc(OC[C@@H]2COC(C)(C)O2)c(C)c1. The summed E-state index contributed by atoms with van der Waals surface area (Å²) in [7, 11) is 0. The molecule has 5 rings (SSSR count). The molecule has 4 atom stereocenters. The zero-order valence-electron chi connectivity index (χ0n) is 45.1. The summed E-state index contributed by atoms with van der Waals surface area (Å²) in [4.78, 5) is 0. The molecular formula is C61H88O8. The molecular weight excluding hydrogens is 861 g/mol. The standard InChI is InChI=1S/C32H46O4.C29H42O4/c1-10-32(11-2,25-14-12-24(22(3)18-25)13-17-29(33)30(5,6)7)26-15-16-28(23(4)19-26)34-20-27-21-35-31(8,9)36-27;1-8-29(9-2,24-13-14-26(21(4)17-24)33-19-25(31)18-30)23-12-10-22(20(3)16-23)11-15-27(32)28(5,6)7/h12-19,27,29,33H,10-11,20-21H2,1-9H3;10-17,25,27,30-32H,8-9,18-19H2,1-7H3/b17-13+;15-11+/t27-,29?;25-,27?/m10/s1. The molecule has 0 spiro atoms. The fourth-order valence-electron chi connectivity index (χ4n) is 9.24.